The standard InChI is InChI=1S/C15H32N2O/c1-13(2)6-5-8-16-9-11-17-10-7-14(3)15(12-17)18-4/h13-16H,5-12H2,1-4H3. The molecule has 1 heterocycles. The Balaban J connectivity index is 2.02. The number of hydrogen-bond acceptors (Lipinski definition) is 3. The number of rotatable bonds is 8. The summed E-state index contributed by atoms with van der Waals surface area (Å²) in [4.78, 5) is 2.53. The lowest BCUT2D eigenvalue weighted by atomic mass is 9.96. The lowest BCUT2D eigenvalue weighted by Crippen LogP contribution is -2.46. The Bertz CT molecular complexity index is 209. The molecule has 0 radical (unpaired) electrons. The molecule has 1 saturated heterocycles. The number of piperidine rings is 1. The summed E-state index contributed by atoms with van der Waals surface area (Å²) in [5.41, 5.74) is 0. The van der Waals surface area contributed by atoms with E-state index in [0.717, 1.165) is 32.1 Å². The molecule has 1 aliphatic heterocycles. The maximum atomic E-state index is 5.54. The third-order valence-corrected chi connectivity index (χ3v) is 4.02. The van der Waals surface area contributed by atoms with Gasteiger partial charge in [0, 0.05) is 26.7 Å². The minimum Gasteiger partial charge on any atom is -0.380 e. The van der Waals surface area contributed by atoms with Crippen molar-refractivity contribution in [3.05, 3.63) is 0 Å². The van der Waals surface area contributed by atoms with Gasteiger partial charge in [-0.2, -0.15) is 0 Å². The summed E-state index contributed by atoms with van der Waals surface area (Å²) in [7, 11) is 1.84. The first kappa shape index (κ1) is 15.9. The molecule has 1 N–H and O–H groups in total. The molecule has 1 aliphatic rings. The average molecular weight is 256 g/mol. The quantitative estimate of drug-likeness (QED) is 0.675. The summed E-state index contributed by atoms with van der Waals surface area (Å²) in [5, 5.41) is 3.55. The second kappa shape index (κ2) is 8.89. The summed E-state index contributed by atoms with van der Waals surface area (Å²) in [5.74, 6) is 1.54. The van der Waals surface area contributed by atoms with E-state index in [-0.39, 0.29) is 0 Å². The van der Waals surface area contributed by atoms with Gasteiger partial charge in [-0.05, 0) is 44.2 Å². The normalized spacial score (nSPS) is 25.8. The van der Waals surface area contributed by atoms with Crippen LogP contribution in [0, 0.1) is 11.8 Å². The summed E-state index contributed by atoms with van der Waals surface area (Å²) in [6, 6.07) is 0. The summed E-state index contributed by atoms with van der Waals surface area (Å²) in [6.45, 7) is 12.7. The highest BCUT2D eigenvalue weighted by atomic mass is 16.5. The van der Waals surface area contributed by atoms with E-state index < -0.39 is 0 Å². The van der Waals surface area contributed by atoms with Crippen LogP contribution in [0.2, 0.25) is 0 Å². The summed E-state index contributed by atoms with van der Waals surface area (Å²) < 4.78 is 5.54. The second-order valence-electron chi connectivity index (χ2n) is 6.13. The van der Waals surface area contributed by atoms with Gasteiger partial charge in [0.15, 0.2) is 0 Å². The van der Waals surface area contributed by atoms with Gasteiger partial charge >= 0.3 is 0 Å². The number of likely N-dealkylation sites (tertiary alicyclic amines) is 1. The van der Waals surface area contributed by atoms with E-state index in [1.54, 1.807) is 0 Å². The Morgan fingerprint density at radius 1 is 1.33 bits per heavy atom. The van der Waals surface area contributed by atoms with Gasteiger partial charge in [0.1, 0.15) is 0 Å². The van der Waals surface area contributed by atoms with Crippen molar-refractivity contribution in [2.24, 2.45) is 11.8 Å². The van der Waals surface area contributed by atoms with Crippen LogP contribution in [0.25, 0.3) is 0 Å². The number of nitrogens with zero attached hydrogens (tertiary/aromatic N) is 1. The van der Waals surface area contributed by atoms with Crippen LogP contribution in [0.4, 0.5) is 0 Å². The van der Waals surface area contributed by atoms with Gasteiger partial charge in [-0.15, -0.1) is 0 Å². The van der Waals surface area contributed by atoms with Gasteiger partial charge in [-0.1, -0.05) is 20.8 Å². The average Bonchev–Trinajstić information content (AvgIpc) is 2.35. The van der Waals surface area contributed by atoms with Crippen LogP contribution in [0.5, 0.6) is 0 Å². The lowest BCUT2D eigenvalue weighted by Gasteiger charge is -2.36. The number of methoxy groups -OCH3 is 1. The van der Waals surface area contributed by atoms with Crippen LogP contribution in [0.3, 0.4) is 0 Å². The summed E-state index contributed by atoms with van der Waals surface area (Å²) in [6.07, 6.45) is 4.33. The first-order chi connectivity index (χ1) is 8.63. The third-order valence-electron chi connectivity index (χ3n) is 4.02. The molecule has 0 aromatic carbocycles. The molecule has 1 rings (SSSR count). The van der Waals surface area contributed by atoms with Crippen molar-refractivity contribution >= 4 is 0 Å². The van der Waals surface area contributed by atoms with Crippen LogP contribution < -0.4 is 5.32 Å². The van der Waals surface area contributed by atoms with E-state index in [0.29, 0.717) is 12.0 Å². The van der Waals surface area contributed by atoms with Gasteiger partial charge in [0.25, 0.3) is 0 Å². The Hall–Kier alpha value is -0.120. The SMILES string of the molecule is COC1CN(CCNCCCC(C)C)CCC1C. The zero-order valence-corrected chi connectivity index (χ0v) is 12.7. The van der Waals surface area contributed by atoms with Crippen molar-refractivity contribution < 1.29 is 4.74 Å². The first-order valence-corrected chi connectivity index (χ1v) is 7.59. The molecule has 0 aliphatic carbocycles. The fourth-order valence-electron chi connectivity index (χ4n) is 2.61. The molecule has 0 saturated carbocycles. The molecule has 0 amide bonds. The fraction of sp³-hybridized carbons (Fsp3) is 1.00. The maximum Gasteiger partial charge on any atom is 0.0724 e. The molecule has 3 nitrogen and oxygen atoms in total. The topological polar surface area (TPSA) is 24.5 Å². The molecular formula is C15H32N2O. The van der Waals surface area contributed by atoms with E-state index in [4.69, 9.17) is 4.74 Å². The largest absolute Gasteiger partial charge is 0.380 e. The molecular weight excluding hydrogens is 224 g/mol. The van der Waals surface area contributed by atoms with Crippen molar-refractivity contribution in [2.75, 3.05) is 39.8 Å². The minimum atomic E-state index is 0.430. The highest BCUT2D eigenvalue weighted by molar-refractivity contribution is 4.78. The number of hydrogen-bond donors (Lipinski definition) is 1. The smallest absolute Gasteiger partial charge is 0.0724 e. The van der Waals surface area contributed by atoms with Crippen molar-refractivity contribution in [3.8, 4) is 0 Å². The Morgan fingerprint density at radius 3 is 2.78 bits per heavy atom. The van der Waals surface area contributed by atoms with E-state index in [1.165, 1.54) is 25.8 Å². The molecule has 0 spiro atoms. The van der Waals surface area contributed by atoms with Crippen molar-refractivity contribution in [2.45, 2.75) is 46.1 Å². The Morgan fingerprint density at radius 2 is 2.11 bits per heavy atom. The molecule has 18 heavy (non-hydrogen) atoms. The molecule has 2 atom stereocenters. The predicted octanol–water partition coefficient (Wildman–Crippen LogP) is 2.37. The van der Waals surface area contributed by atoms with Gasteiger partial charge < -0.3 is 10.1 Å². The third kappa shape index (κ3) is 6.17. The van der Waals surface area contributed by atoms with Crippen LogP contribution in [0.15, 0.2) is 0 Å². The minimum absolute atomic E-state index is 0.430. The Kier molecular flexibility index (Phi) is 7.87. The monoisotopic (exact) mass is 256 g/mol. The molecule has 1 fully saturated rings. The van der Waals surface area contributed by atoms with Gasteiger partial charge in [0.05, 0.1) is 6.10 Å². The van der Waals surface area contributed by atoms with Crippen molar-refractivity contribution in [3.63, 3.8) is 0 Å². The van der Waals surface area contributed by atoms with Crippen LogP contribution in [-0.2, 0) is 4.74 Å². The van der Waals surface area contributed by atoms with Crippen LogP contribution >= 0.6 is 0 Å². The number of nitrogens with one attached hydrogen (secondary N) is 1. The van der Waals surface area contributed by atoms with Crippen molar-refractivity contribution in [1.29, 1.82) is 0 Å². The van der Waals surface area contributed by atoms with Crippen molar-refractivity contribution in [1.82, 2.24) is 10.2 Å². The molecule has 0 aromatic rings. The van der Waals surface area contributed by atoms with Crippen LogP contribution in [-0.4, -0.2) is 50.8 Å². The van der Waals surface area contributed by atoms with E-state index in [9.17, 15) is 0 Å². The fourth-order valence-corrected chi connectivity index (χ4v) is 2.61. The van der Waals surface area contributed by atoms with Crippen LogP contribution in [0.1, 0.15) is 40.0 Å². The number of ether oxygens (including phenoxy) is 1. The van der Waals surface area contributed by atoms with E-state index in [1.807, 2.05) is 7.11 Å². The first-order valence-electron chi connectivity index (χ1n) is 7.59. The summed E-state index contributed by atoms with van der Waals surface area (Å²) >= 11 is 0. The van der Waals surface area contributed by atoms with E-state index >= 15 is 0 Å². The van der Waals surface area contributed by atoms with Gasteiger partial charge in [-0.3, -0.25) is 4.90 Å². The molecule has 2 unspecified atom stereocenters. The van der Waals surface area contributed by atoms with Gasteiger partial charge in [0.2, 0.25) is 0 Å². The highest BCUT2D eigenvalue weighted by Gasteiger charge is 2.25. The predicted molar refractivity (Wildman–Crippen MR) is 78.0 cm³/mol. The highest BCUT2D eigenvalue weighted by Crippen LogP contribution is 2.18. The Labute approximate surface area is 113 Å². The van der Waals surface area contributed by atoms with E-state index in [2.05, 4.69) is 31.0 Å². The zero-order valence-electron chi connectivity index (χ0n) is 12.7. The molecule has 108 valence electrons. The lowest BCUT2D eigenvalue weighted by molar-refractivity contribution is -0.00440. The zero-order chi connectivity index (χ0) is 13.4. The second-order valence-corrected chi connectivity index (χ2v) is 6.13. The maximum absolute atomic E-state index is 5.54. The molecule has 0 aromatic heterocycles. The van der Waals surface area contributed by atoms with Gasteiger partial charge in [-0.25, -0.2) is 0 Å². The molecule has 0 bridgehead atoms. The molecule has 3 heteroatoms.